The van der Waals surface area contributed by atoms with E-state index in [2.05, 4.69) is 20.6 Å². The van der Waals surface area contributed by atoms with E-state index in [0.29, 0.717) is 18.4 Å². The number of aromatic nitrogens is 2. The van der Waals surface area contributed by atoms with Crippen molar-refractivity contribution in [2.45, 2.75) is 63.8 Å². The maximum Gasteiger partial charge on any atom is 0.407 e. The van der Waals surface area contributed by atoms with Crippen molar-refractivity contribution in [3.05, 3.63) is 57.6 Å². The smallest absolute Gasteiger partial charge is 0.407 e. The Morgan fingerprint density at radius 3 is 2.87 bits per heavy atom. The summed E-state index contributed by atoms with van der Waals surface area (Å²) in [5, 5.41) is 4.79. The van der Waals surface area contributed by atoms with Crippen LogP contribution >= 0.6 is 11.3 Å². The molecule has 0 spiro atoms. The first kappa shape index (κ1) is 24.4. The molecule has 1 saturated heterocycles. The van der Waals surface area contributed by atoms with Crippen molar-refractivity contribution in [3.8, 4) is 0 Å². The molecule has 0 radical (unpaired) electrons. The summed E-state index contributed by atoms with van der Waals surface area (Å²) in [7, 11) is 0. The van der Waals surface area contributed by atoms with Crippen LogP contribution in [0.5, 0.6) is 0 Å². The summed E-state index contributed by atoms with van der Waals surface area (Å²) in [5.41, 5.74) is 5.21. The minimum Gasteiger partial charge on any atom is -0.446 e. The average molecular weight is 538 g/mol. The molecule has 196 valence electrons. The van der Waals surface area contributed by atoms with E-state index < -0.39 is 29.8 Å². The Morgan fingerprint density at radius 2 is 2.08 bits per heavy atom. The number of hydrogen-bond acceptors (Lipinski definition) is 8. The van der Waals surface area contributed by atoms with Crippen LogP contribution in [-0.2, 0) is 27.4 Å². The number of benzene rings is 1. The summed E-state index contributed by atoms with van der Waals surface area (Å²) in [5.74, 6) is -2.12. The molecule has 2 N–H and O–H groups in total. The molecule has 12 heteroatoms. The number of pyridine rings is 1. The van der Waals surface area contributed by atoms with Gasteiger partial charge in [0.25, 0.3) is 5.91 Å². The first-order chi connectivity index (χ1) is 18.3. The number of thiazole rings is 1. The van der Waals surface area contributed by atoms with Gasteiger partial charge in [0.1, 0.15) is 23.5 Å². The van der Waals surface area contributed by atoms with E-state index >= 15 is 4.39 Å². The zero-order valence-corrected chi connectivity index (χ0v) is 21.3. The van der Waals surface area contributed by atoms with Crippen LogP contribution in [0.3, 0.4) is 0 Å². The summed E-state index contributed by atoms with van der Waals surface area (Å²) in [4.78, 5) is 59.3. The Bertz CT molecular complexity index is 1500. The summed E-state index contributed by atoms with van der Waals surface area (Å²) < 4.78 is 21.9. The third-order valence-corrected chi connectivity index (χ3v) is 8.42. The van der Waals surface area contributed by atoms with E-state index in [4.69, 9.17) is 4.74 Å². The zero-order valence-electron chi connectivity index (χ0n) is 20.5. The number of imide groups is 1. The van der Waals surface area contributed by atoms with E-state index in [1.54, 1.807) is 22.9 Å². The largest absolute Gasteiger partial charge is 0.446 e. The number of nitrogens with zero attached hydrogens (tertiary/aromatic N) is 3. The number of fused-ring (bicyclic) bond motifs is 2. The van der Waals surface area contributed by atoms with E-state index in [1.807, 2.05) is 13.1 Å². The van der Waals surface area contributed by atoms with Gasteiger partial charge in [-0.15, -0.1) is 11.3 Å². The number of carbonyl (C=O) groups excluding carboxylic acids is 4. The lowest BCUT2D eigenvalue weighted by Crippen LogP contribution is -2.52. The number of hydrogen-bond donors (Lipinski definition) is 2. The maximum absolute atomic E-state index is 15.3. The van der Waals surface area contributed by atoms with Crippen molar-refractivity contribution in [1.29, 1.82) is 0 Å². The van der Waals surface area contributed by atoms with E-state index in [-0.39, 0.29) is 55.0 Å². The Hall–Kier alpha value is -3.93. The molecule has 1 aliphatic carbocycles. The molecule has 6 rings (SSSR count). The van der Waals surface area contributed by atoms with Gasteiger partial charge >= 0.3 is 6.09 Å². The molecular weight excluding hydrogens is 513 g/mol. The number of amides is 4. The molecule has 2 aromatic heterocycles. The molecule has 0 bridgehead atoms. The predicted octanol–water partition coefficient (Wildman–Crippen LogP) is 3.07. The summed E-state index contributed by atoms with van der Waals surface area (Å²) in [6.45, 7) is 1.93. The summed E-state index contributed by atoms with van der Waals surface area (Å²) in [6.07, 6.45) is 2.49. The van der Waals surface area contributed by atoms with E-state index in [9.17, 15) is 19.2 Å². The van der Waals surface area contributed by atoms with Crippen molar-refractivity contribution in [1.82, 2.24) is 25.5 Å². The predicted molar refractivity (Wildman–Crippen MR) is 134 cm³/mol. The second kappa shape index (κ2) is 9.43. The van der Waals surface area contributed by atoms with Crippen LogP contribution in [0.1, 0.15) is 64.3 Å². The highest BCUT2D eigenvalue weighted by molar-refractivity contribution is 7.17. The molecule has 3 aliphatic rings. The second-order valence-corrected chi connectivity index (χ2v) is 10.7. The zero-order chi connectivity index (χ0) is 26.6. The fourth-order valence-corrected chi connectivity index (χ4v) is 6.10. The fourth-order valence-electron chi connectivity index (χ4n) is 5.33. The minimum atomic E-state index is -0.823. The fraction of sp³-hybridized carbons (Fsp3) is 0.385. The summed E-state index contributed by atoms with van der Waals surface area (Å²) in [6, 6.07) is 2.31. The Labute approximate surface area is 220 Å². The van der Waals surface area contributed by atoms with Gasteiger partial charge in [0.2, 0.25) is 11.8 Å². The number of rotatable bonds is 5. The second-order valence-electron chi connectivity index (χ2n) is 9.88. The van der Waals surface area contributed by atoms with E-state index in [1.165, 1.54) is 11.0 Å². The van der Waals surface area contributed by atoms with Gasteiger partial charge in [0.15, 0.2) is 0 Å². The van der Waals surface area contributed by atoms with Gasteiger partial charge in [-0.2, -0.15) is 0 Å². The highest BCUT2D eigenvalue weighted by Gasteiger charge is 2.41. The van der Waals surface area contributed by atoms with Gasteiger partial charge in [-0.05, 0) is 37.3 Å². The molecule has 0 unspecified atom stereocenters. The Kier molecular flexibility index (Phi) is 6.05. The minimum absolute atomic E-state index is 0.0823. The summed E-state index contributed by atoms with van der Waals surface area (Å²) >= 11 is 1.58. The van der Waals surface area contributed by atoms with E-state index in [0.717, 1.165) is 21.5 Å². The molecular formula is C26H24FN5O5S. The first-order valence-electron chi connectivity index (χ1n) is 12.4. The quantitative estimate of drug-likeness (QED) is 0.479. The van der Waals surface area contributed by atoms with Crippen molar-refractivity contribution in [2.75, 3.05) is 0 Å². The number of piperidine rings is 1. The van der Waals surface area contributed by atoms with Gasteiger partial charge in [-0.25, -0.2) is 14.2 Å². The first-order valence-corrected chi connectivity index (χ1v) is 13.3. The number of ether oxygens (including phenoxy) is 1. The van der Waals surface area contributed by atoms with Crippen LogP contribution in [0, 0.1) is 12.7 Å². The number of aryl methyl sites for hydroxylation is 1. The van der Waals surface area contributed by atoms with Crippen molar-refractivity contribution in [2.24, 2.45) is 0 Å². The molecule has 1 atom stereocenters. The lowest BCUT2D eigenvalue weighted by atomic mass is 9.79. The highest BCUT2D eigenvalue weighted by atomic mass is 32.1. The Balaban J connectivity index is 1.04. The topological polar surface area (TPSA) is 131 Å². The van der Waals surface area contributed by atoms with Crippen LogP contribution in [0.4, 0.5) is 9.18 Å². The van der Waals surface area contributed by atoms with Crippen LogP contribution in [0.15, 0.2) is 23.8 Å². The Morgan fingerprint density at radius 1 is 1.26 bits per heavy atom. The lowest BCUT2D eigenvalue weighted by molar-refractivity contribution is -0.136. The van der Waals surface area contributed by atoms with Crippen LogP contribution < -0.4 is 10.6 Å². The standard InChI is InChI=1S/C26H24FN5O5S/c1-12-8-28-21(22-23(12)38-11-30-22)15-6-16(7-15)37-26(36)29-9-13-2-3-14-10-32(25(35)19(14)20(13)27)17-4-5-18(33)31-24(17)34/h2-3,8,11,15-17H,4-7,9-10H2,1H3,(H,29,36)(H,31,33,34)/t15?,16?,17-/m0/s1. The monoisotopic (exact) mass is 537 g/mol. The van der Waals surface area contributed by atoms with Gasteiger partial charge in [0, 0.05) is 37.2 Å². The van der Waals surface area contributed by atoms with Gasteiger partial charge in [0.05, 0.1) is 21.5 Å². The molecule has 10 nitrogen and oxygen atoms in total. The third-order valence-electron chi connectivity index (χ3n) is 7.45. The normalized spacial score (nSPS) is 22.7. The molecule has 4 amide bonds. The number of carbonyl (C=O) groups is 4. The average Bonchev–Trinajstić information content (AvgIpc) is 3.48. The van der Waals surface area contributed by atoms with Gasteiger partial charge in [-0.1, -0.05) is 12.1 Å². The molecule has 3 aromatic rings. The van der Waals surface area contributed by atoms with Crippen LogP contribution in [-0.4, -0.2) is 50.8 Å². The lowest BCUT2D eigenvalue weighted by Gasteiger charge is -2.34. The van der Waals surface area contributed by atoms with Crippen LogP contribution in [0.25, 0.3) is 10.2 Å². The number of halogens is 1. The van der Waals surface area contributed by atoms with Crippen LogP contribution in [0.2, 0.25) is 0 Å². The third kappa shape index (κ3) is 4.18. The molecule has 2 aliphatic heterocycles. The van der Waals surface area contributed by atoms with Crippen molar-refractivity contribution < 1.29 is 28.3 Å². The van der Waals surface area contributed by atoms with Crippen molar-refractivity contribution in [3.63, 3.8) is 0 Å². The molecule has 2 fully saturated rings. The molecule has 4 heterocycles. The van der Waals surface area contributed by atoms with Gasteiger partial charge < -0.3 is 15.0 Å². The maximum atomic E-state index is 15.3. The van der Waals surface area contributed by atoms with Crippen molar-refractivity contribution >= 4 is 45.4 Å². The SMILES string of the molecule is Cc1cnc(C2CC(OC(=O)NCc3ccc4c(c3F)C(=O)N([C@H]3CCC(=O)NC3=O)C4)C2)c2ncsc12. The molecule has 1 saturated carbocycles. The van der Waals surface area contributed by atoms with Gasteiger partial charge in [-0.3, -0.25) is 24.7 Å². The number of alkyl carbamates (subject to hydrolysis) is 1. The highest BCUT2D eigenvalue weighted by Crippen LogP contribution is 2.41. The molecule has 1 aromatic carbocycles. The molecule has 38 heavy (non-hydrogen) atoms. The number of nitrogens with one attached hydrogen (secondary N) is 2.